The summed E-state index contributed by atoms with van der Waals surface area (Å²) in [6, 6.07) is 8.10. The van der Waals surface area contributed by atoms with Crippen molar-refractivity contribution in [3.05, 3.63) is 47.3 Å². The zero-order valence-corrected chi connectivity index (χ0v) is 15.0. The third-order valence-corrected chi connectivity index (χ3v) is 3.44. The molecule has 1 aromatic carbocycles. The van der Waals surface area contributed by atoms with Gasteiger partial charge in [0.15, 0.2) is 0 Å². The van der Waals surface area contributed by atoms with E-state index in [-0.39, 0.29) is 5.69 Å². The van der Waals surface area contributed by atoms with Gasteiger partial charge >= 0.3 is 5.97 Å². The van der Waals surface area contributed by atoms with Crippen LogP contribution < -0.4 is 10.6 Å². The molecule has 8 heteroatoms. The summed E-state index contributed by atoms with van der Waals surface area (Å²) in [5.41, 5.74) is 1.73. The van der Waals surface area contributed by atoms with Crippen LogP contribution in [0, 0.1) is 6.92 Å². The second kappa shape index (κ2) is 9.47. The number of hydrogen-bond acceptors (Lipinski definition) is 7. The molecule has 0 atom stereocenters. The second-order valence-corrected chi connectivity index (χ2v) is 5.52. The minimum atomic E-state index is -0.471. The molecule has 1 amide bonds. The predicted octanol–water partition coefficient (Wildman–Crippen LogP) is 2.27. The number of rotatable bonds is 8. The lowest BCUT2D eigenvalue weighted by atomic mass is 10.2. The molecule has 0 saturated heterocycles. The van der Waals surface area contributed by atoms with Gasteiger partial charge in [0.2, 0.25) is 5.95 Å². The highest BCUT2D eigenvalue weighted by atomic mass is 16.5. The Morgan fingerprint density at radius 2 is 1.96 bits per heavy atom. The number of carbonyl (C=O) groups is 2. The molecule has 26 heavy (non-hydrogen) atoms. The molecule has 1 heterocycles. The van der Waals surface area contributed by atoms with Gasteiger partial charge in [-0.15, -0.1) is 0 Å². The average molecular weight is 358 g/mol. The third-order valence-electron chi connectivity index (χ3n) is 3.44. The van der Waals surface area contributed by atoms with E-state index in [2.05, 4.69) is 25.3 Å². The van der Waals surface area contributed by atoms with Gasteiger partial charge < -0.3 is 20.1 Å². The van der Waals surface area contributed by atoms with E-state index in [0.29, 0.717) is 36.0 Å². The molecule has 0 unspecified atom stereocenters. The van der Waals surface area contributed by atoms with E-state index in [1.54, 1.807) is 44.4 Å². The van der Waals surface area contributed by atoms with Gasteiger partial charge in [-0.1, -0.05) is 6.07 Å². The summed E-state index contributed by atoms with van der Waals surface area (Å²) in [6.07, 6.45) is 0.801. The van der Waals surface area contributed by atoms with Crippen molar-refractivity contribution < 1.29 is 19.1 Å². The summed E-state index contributed by atoms with van der Waals surface area (Å²) < 4.78 is 9.67. The van der Waals surface area contributed by atoms with Crippen LogP contribution in [-0.4, -0.2) is 49.2 Å². The first-order valence-electron chi connectivity index (χ1n) is 8.11. The molecule has 2 rings (SSSR count). The minimum absolute atomic E-state index is 0.232. The SMILES string of the molecule is COCCCNc1nc(C)cc(C(=O)Nc2cccc(C(=O)OC)c2)n1. The molecule has 8 nitrogen and oxygen atoms in total. The van der Waals surface area contributed by atoms with Crippen LogP contribution in [0.3, 0.4) is 0 Å². The molecule has 0 radical (unpaired) electrons. The fraction of sp³-hybridized carbons (Fsp3) is 0.333. The number of aryl methyl sites for hydroxylation is 1. The van der Waals surface area contributed by atoms with E-state index in [1.807, 2.05) is 0 Å². The van der Waals surface area contributed by atoms with Gasteiger partial charge in [0.1, 0.15) is 5.69 Å². The number of methoxy groups -OCH3 is 2. The van der Waals surface area contributed by atoms with Crippen molar-refractivity contribution >= 4 is 23.5 Å². The van der Waals surface area contributed by atoms with Crippen molar-refractivity contribution in [1.29, 1.82) is 0 Å². The Morgan fingerprint density at radius 1 is 1.15 bits per heavy atom. The van der Waals surface area contributed by atoms with Gasteiger partial charge in [0.05, 0.1) is 12.7 Å². The summed E-state index contributed by atoms with van der Waals surface area (Å²) in [5, 5.41) is 5.79. The maximum atomic E-state index is 12.5. The maximum absolute atomic E-state index is 12.5. The third kappa shape index (κ3) is 5.52. The van der Waals surface area contributed by atoms with Gasteiger partial charge in [0.25, 0.3) is 5.91 Å². The number of aromatic nitrogens is 2. The quantitative estimate of drug-likeness (QED) is 0.551. The van der Waals surface area contributed by atoms with Crippen molar-refractivity contribution in [2.45, 2.75) is 13.3 Å². The average Bonchev–Trinajstić information content (AvgIpc) is 2.64. The number of amides is 1. The number of anilines is 2. The lowest BCUT2D eigenvalue weighted by Crippen LogP contribution is -2.17. The van der Waals surface area contributed by atoms with Gasteiger partial charge in [-0.2, -0.15) is 0 Å². The Kier molecular flexibility index (Phi) is 7.04. The zero-order chi connectivity index (χ0) is 18.9. The number of carbonyl (C=O) groups excluding carboxylic acids is 2. The van der Waals surface area contributed by atoms with E-state index in [4.69, 9.17) is 4.74 Å². The van der Waals surface area contributed by atoms with E-state index in [0.717, 1.165) is 6.42 Å². The molecule has 2 N–H and O–H groups in total. The highest BCUT2D eigenvalue weighted by molar-refractivity contribution is 6.03. The van der Waals surface area contributed by atoms with Crippen LogP contribution >= 0.6 is 0 Å². The molecule has 0 fully saturated rings. The van der Waals surface area contributed by atoms with Crippen LogP contribution in [0.25, 0.3) is 0 Å². The maximum Gasteiger partial charge on any atom is 0.337 e. The van der Waals surface area contributed by atoms with Gasteiger partial charge in [-0.05, 0) is 37.6 Å². The molecule has 0 aliphatic carbocycles. The molecular weight excluding hydrogens is 336 g/mol. The molecule has 0 spiro atoms. The van der Waals surface area contributed by atoms with Gasteiger partial charge in [0, 0.05) is 31.6 Å². The van der Waals surface area contributed by atoms with Crippen molar-refractivity contribution in [1.82, 2.24) is 9.97 Å². The smallest absolute Gasteiger partial charge is 0.337 e. The predicted molar refractivity (Wildman–Crippen MR) is 97.5 cm³/mol. The number of nitrogens with zero attached hydrogens (tertiary/aromatic N) is 2. The fourth-order valence-corrected chi connectivity index (χ4v) is 2.22. The molecule has 2 aromatic rings. The summed E-state index contributed by atoms with van der Waals surface area (Å²) in [4.78, 5) is 32.6. The molecule has 0 aliphatic heterocycles. The largest absolute Gasteiger partial charge is 0.465 e. The molecular formula is C18H22N4O4. The summed E-state index contributed by atoms with van der Waals surface area (Å²) in [7, 11) is 2.94. The molecule has 1 aromatic heterocycles. The lowest BCUT2D eigenvalue weighted by Gasteiger charge is -2.09. The van der Waals surface area contributed by atoms with E-state index < -0.39 is 11.9 Å². The summed E-state index contributed by atoms with van der Waals surface area (Å²) >= 11 is 0. The van der Waals surface area contributed by atoms with Crippen LogP contribution in [0.2, 0.25) is 0 Å². The minimum Gasteiger partial charge on any atom is -0.465 e. The first-order valence-corrected chi connectivity index (χ1v) is 8.11. The fourth-order valence-electron chi connectivity index (χ4n) is 2.22. The number of ether oxygens (including phenoxy) is 2. The van der Waals surface area contributed by atoms with Crippen LogP contribution in [0.4, 0.5) is 11.6 Å². The van der Waals surface area contributed by atoms with E-state index in [1.165, 1.54) is 7.11 Å². The summed E-state index contributed by atoms with van der Waals surface area (Å²) in [6.45, 7) is 3.05. The standard InChI is InChI=1S/C18H22N4O4/c1-12-10-15(22-18(20-12)19-8-5-9-25-2)16(23)21-14-7-4-6-13(11-14)17(24)26-3/h4,6-7,10-11H,5,8-9H2,1-3H3,(H,21,23)(H,19,20,22). The molecule has 138 valence electrons. The zero-order valence-electron chi connectivity index (χ0n) is 15.0. The summed E-state index contributed by atoms with van der Waals surface area (Å²) in [5.74, 6) is -0.478. The van der Waals surface area contributed by atoms with Crippen LogP contribution in [0.5, 0.6) is 0 Å². The van der Waals surface area contributed by atoms with Gasteiger partial charge in [-0.25, -0.2) is 14.8 Å². The van der Waals surface area contributed by atoms with Crippen LogP contribution in [0.1, 0.15) is 33.0 Å². The molecule has 0 bridgehead atoms. The number of hydrogen-bond donors (Lipinski definition) is 2. The van der Waals surface area contributed by atoms with Gasteiger partial charge in [-0.3, -0.25) is 4.79 Å². The number of benzene rings is 1. The monoisotopic (exact) mass is 358 g/mol. The van der Waals surface area contributed by atoms with Crippen LogP contribution in [-0.2, 0) is 9.47 Å². The first-order chi connectivity index (χ1) is 12.5. The highest BCUT2D eigenvalue weighted by Gasteiger charge is 2.12. The Hall–Kier alpha value is -3.00. The number of esters is 1. The van der Waals surface area contributed by atoms with Crippen LogP contribution in [0.15, 0.2) is 30.3 Å². The normalized spacial score (nSPS) is 10.3. The van der Waals surface area contributed by atoms with E-state index >= 15 is 0 Å². The Morgan fingerprint density at radius 3 is 2.69 bits per heavy atom. The molecule has 0 aliphatic rings. The Labute approximate surface area is 151 Å². The topological polar surface area (TPSA) is 102 Å². The Balaban J connectivity index is 2.09. The Bertz CT molecular complexity index is 780. The number of nitrogens with one attached hydrogen (secondary N) is 2. The van der Waals surface area contributed by atoms with E-state index in [9.17, 15) is 9.59 Å². The van der Waals surface area contributed by atoms with Crippen molar-refractivity contribution in [3.63, 3.8) is 0 Å². The second-order valence-electron chi connectivity index (χ2n) is 5.52. The highest BCUT2D eigenvalue weighted by Crippen LogP contribution is 2.13. The lowest BCUT2D eigenvalue weighted by molar-refractivity contribution is 0.0600. The molecule has 0 saturated carbocycles. The first kappa shape index (κ1) is 19.3. The van der Waals surface area contributed by atoms with Crippen molar-refractivity contribution in [3.8, 4) is 0 Å². The van der Waals surface area contributed by atoms with Crippen molar-refractivity contribution in [2.24, 2.45) is 0 Å². The van der Waals surface area contributed by atoms with Crippen molar-refractivity contribution in [2.75, 3.05) is 38.0 Å².